The molecule has 0 aliphatic heterocycles. The summed E-state index contributed by atoms with van der Waals surface area (Å²) in [7, 11) is 1.55. The van der Waals surface area contributed by atoms with Crippen LogP contribution in [0.4, 0.5) is 0 Å². The molecule has 0 unspecified atom stereocenters. The van der Waals surface area contributed by atoms with Gasteiger partial charge in [0.25, 0.3) is 0 Å². The lowest BCUT2D eigenvalue weighted by atomic mass is 9.87. The molecule has 0 spiro atoms. The monoisotopic (exact) mass is 495 g/mol. The second kappa shape index (κ2) is 10.3. The number of carbonyl (C=O) groups is 1. The fourth-order valence-corrected chi connectivity index (χ4v) is 4.35. The number of hydrogen-bond acceptors (Lipinski definition) is 7. The van der Waals surface area contributed by atoms with Crippen molar-refractivity contribution in [1.82, 2.24) is 14.8 Å². The van der Waals surface area contributed by atoms with Crippen LogP contribution in [0, 0.1) is 11.3 Å². The van der Waals surface area contributed by atoms with Gasteiger partial charge in [-0.3, -0.25) is 9.36 Å². The molecule has 2 N–H and O–H groups in total. The minimum Gasteiger partial charge on any atom is -0.495 e. The third-order valence-electron chi connectivity index (χ3n) is 5.15. The zero-order chi connectivity index (χ0) is 25.0. The van der Waals surface area contributed by atoms with Crippen molar-refractivity contribution in [3.8, 4) is 28.9 Å². The molecular weight excluding hydrogens is 470 g/mol. The van der Waals surface area contributed by atoms with Crippen molar-refractivity contribution < 1.29 is 9.53 Å². The Morgan fingerprint density at radius 1 is 1.21 bits per heavy atom. The second-order valence-corrected chi connectivity index (χ2v) is 10.0. The molecule has 1 aromatic heterocycles. The van der Waals surface area contributed by atoms with Crippen LogP contribution in [0.5, 0.6) is 5.75 Å². The van der Waals surface area contributed by atoms with Crippen molar-refractivity contribution in [2.45, 2.75) is 38.3 Å². The lowest BCUT2D eigenvalue weighted by Crippen LogP contribution is -2.11. The Morgan fingerprint density at radius 3 is 2.41 bits per heavy atom. The molecule has 2 aromatic carbocycles. The number of halogens is 1. The number of hydrogen-bond donors (Lipinski definition) is 1. The number of nitrogens with zero attached hydrogens (tertiary/aromatic N) is 4. The van der Waals surface area contributed by atoms with E-state index < -0.39 is 0 Å². The number of benzene rings is 2. The number of Topliss-reactive ketones (excluding diaryl/α,β-unsaturated/α-hetero) is 1. The van der Waals surface area contributed by atoms with E-state index in [-0.39, 0.29) is 28.2 Å². The molecule has 3 aromatic rings. The summed E-state index contributed by atoms with van der Waals surface area (Å²) < 4.78 is 7.11. The summed E-state index contributed by atoms with van der Waals surface area (Å²) in [4.78, 5) is 12.5. The van der Waals surface area contributed by atoms with Crippen LogP contribution in [-0.4, -0.2) is 33.4 Å². The van der Waals surface area contributed by atoms with Gasteiger partial charge in [-0.2, -0.15) is 5.26 Å². The van der Waals surface area contributed by atoms with Crippen LogP contribution in [0.25, 0.3) is 17.1 Å². The molecule has 1 heterocycles. The van der Waals surface area contributed by atoms with Crippen molar-refractivity contribution in [3.05, 3.63) is 64.3 Å². The SMILES string of the molecule is COc1ccc(-n2c(SCC(=O)/C(C#N)=C(\C)N)nnc2-c2ccc(C(C)(C)C)cc2)cc1Cl. The van der Waals surface area contributed by atoms with E-state index in [1.807, 2.05) is 28.8 Å². The van der Waals surface area contributed by atoms with Gasteiger partial charge in [0.1, 0.15) is 17.4 Å². The molecule has 176 valence electrons. The Balaban J connectivity index is 2.06. The maximum absolute atomic E-state index is 12.5. The summed E-state index contributed by atoms with van der Waals surface area (Å²) in [5, 5.41) is 18.9. The van der Waals surface area contributed by atoms with Crippen LogP contribution < -0.4 is 10.5 Å². The Bertz CT molecular complexity index is 1280. The van der Waals surface area contributed by atoms with Crippen molar-refractivity contribution in [2.24, 2.45) is 5.73 Å². The van der Waals surface area contributed by atoms with Gasteiger partial charge in [0.05, 0.1) is 23.6 Å². The minimum atomic E-state index is -0.370. The minimum absolute atomic E-state index is 0.0115. The standard InChI is InChI=1S/C25H26ClN5O2S/c1-15(28)19(13-27)21(32)14-34-24-30-29-23(16-6-8-17(9-7-16)25(2,3)4)31(24)18-10-11-22(33-5)20(26)12-18/h6-12H,14,28H2,1-5H3/b19-15+. The third kappa shape index (κ3) is 5.44. The molecule has 7 nitrogen and oxygen atoms in total. The summed E-state index contributed by atoms with van der Waals surface area (Å²) >= 11 is 7.57. The maximum Gasteiger partial charge on any atom is 0.196 e. The predicted molar refractivity (Wildman–Crippen MR) is 135 cm³/mol. The Labute approximate surface area is 208 Å². The largest absolute Gasteiger partial charge is 0.495 e. The van der Waals surface area contributed by atoms with Gasteiger partial charge in [-0.15, -0.1) is 10.2 Å². The maximum atomic E-state index is 12.5. The lowest BCUT2D eigenvalue weighted by molar-refractivity contribution is -0.112. The Hall–Kier alpha value is -3.28. The van der Waals surface area contributed by atoms with E-state index in [0.29, 0.717) is 27.4 Å². The highest BCUT2D eigenvalue weighted by atomic mass is 35.5. The van der Waals surface area contributed by atoms with Crippen LogP contribution >= 0.6 is 23.4 Å². The summed E-state index contributed by atoms with van der Waals surface area (Å²) in [5.74, 6) is 0.761. The van der Waals surface area contributed by atoms with Crippen LogP contribution in [-0.2, 0) is 10.2 Å². The molecular formula is C25H26ClN5O2S. The lowest BCUT2D eigenvalue weighted by Gasteiger charge is -2.19. The number of ketones is 1. The van der Waals surface area contributed by atoms with Crippen LogP contribution in [0.1, 0.15) is 33.3 Å². The Morgan fingerprint density at radius 2 is 1.88 bits per heavy atom. The highest BCUT2D eigenvalue weighted by Gasteiger charge is 2.21. The van der Waals surface area contributed by atoms with Crippen LogP contribution in [0.2, 0.25) is 5.02 Å². The molecule has 0 saturated heterocycles. The number of methoxy groups -OCH3 is 1. The van der Waals surface area contributed by atoms with Gasteiger partial charge in [0.15, 0.2) is 16.8 Å². The molecule has 3 rings (SSSR count). The van der Waals surface area contributed by atoms with Gasteiger partial charge in [0, 0.05) is 11.3 Å². The smallest absolute Gasteiger partial charge is 0.196 e. The van der Waals surface area contributed by atoms with Gasteiger partial charge >= 0.3 is 0 Å². The Kier molecular flexibility index (Phi) is 7.70. The first-order valence-corrected chi connectivity index (χ1v) is 11.9. The van der Waals surface area contributed by atoms with Crippen molar-refractivity contribution in [1.29, 1.82) is 5.26 Å². The van der Waals surface area contributed by atoms with Crippen molar-refractivity contribution in [2.75, 3.05) is 12.9 Å². The molecule has 0 amide bonds. The van der Waals surface area contributed by atoms with E-state index in [4.69, 9.17) is 22.1 Å². The number of allylic oxidation sites excluding steroid dienone is 2. The van der Waals surface area contributed by atoms with E-state index in [1.165, 1.54) is 24.2 Å². The van der Waals surface area contributed by atoms with E-state index in [1.54, 1.807) is 19.2 Å². The average molecular weight is 496 g/mol. The number of thioether (sulfide) groups is 1. The van der Waals surface area contributed by atoms with Crippen molar-refractivity contribution >= 4 is 29.1 Å². The first-order chi connectivity index (χ1) is 16.1. The number of rotatable bonds is 7. The zero-order valence-corrected chi connectivity index (χ0v) is 21.3. The van der Waals surface area contributed by atoms with E-state index in [2.05, 4.69) is 43.1 Å². The molecule has 34 heavy (non-hydrogen) atoms. The van der Waals surface area contributed by atoms with Crippen LogP contribution in [0.3, 0.4) is 0 Å². The number of carbonyl (C=O) groups excluding carboxylic acids is 1. The van der Waals surface area contributed by atoms with Gasteiger partial charge in [-0.05, 0) is 36.1 Å². The van der Waals surface area contributed by atoms with E-state index in [0.717, 1.165) is 5.56 Å². The molecule has 9 heteroatoms. The fourth-order valence-electron chi connectivity index (χ4n) is 3.27. The van der Waals surface area contributed by atoms with Gasteiger partial charge in [0.2, 0.25) is 0 Å². The quantitative estimate of drug-likeness (QED) is 0.269. The highest BCUT2D eigenvalue weighted by molar-refractivity contribution is 7.99. The number of nitrogens with two attached hydrogens (primary N) is 1. The second-order valence-electron chi connectivity index (χ2n) is 8.67. The first kappa shape index (κ1) is 25.3. The topological polar surface area (TPSA) is 107 Å². The zero-order valence-electron chi connectivity index (χ0n) is 19.7. The summed E-state index contributed by atoms with van der Waals surface area (Å²) in [6.45, 7) is 8.00. The number of ether oxygens (including phenoxy) is 1. The summed E-state index contributed by atoms with van der Waals surface area (Å²) in [5.41, 5.74) is 8.60. The molecule has 0 aliphatic rings. The first-order valence-electron chi connectivity index (χ1n) is 10.5. The number of aromatic nitrogens is 3. The molecule has 0 atom stereocenters. The van der Waals surface area contributed by atoms with E-state index >= 15 is 0 Å². The van der Waals surface area contributed by atoms with Gasteiger partial charge < -0.3 is 10.5 Å². The van der Waals surface area contributed by atoms with Crippen LogP contribution in [0.15, 0.2) is 58.9 Å². The fraction of sp³-hybridized carbons (Fsp3) is 0.280. The predicted octanol–water partition coefficient (Wildman–Crippen LogP) is 5.31. The molecule has 0 saturated carbocycles. The average Bonchev–Trinajstić information content (AvgIpc) is 3.21. The summed E-state index contributed by atoms with van der Waals surface area (Å²) in [6.07, 6.45) is 0. The molecule has 0 bridgehead atoms. The number of nitriles is 1. The molecule has 0 aliphatic carbocycles. The van der Waals surface area contributed by atoms with Gasteiger partial charge in [-0.25, -0.2) is 0 Å². The normalized spacial score (nSPS) is 12.1. The molecule has 0 fully saturated rings. The molecule has 0 radical (unpaired) electrons. The summed E-state index contributed by atoms with van der Waals surface area (Å²) in [6, 6.07) is 15.4. The van der Waals surface area contributed by atoms with Crippen molar-refractivity contribution in [3.63, 3.8) is 0 Å². The van der Waals surface area contributed by atoms with E-state index in [9.17, 15) is 10.1 Å². The van der Waals surface area contributed by atoms with Gasteiger partial charge in [-0.1, -0.05) is 68.4 Å². The highest BCUT2D eigenvalue weighted by Crippen LogP contribution is 2.33. The third-order valence-corrected chi connectivity index (χ3v) is 6.38.